The number of benzene rings is 2. The maximum Gasteiger partial charge on any atom is 0.262 e. The van der Waals surface area contributed by atoms with Crippen LogP contribution >= 0.6 is 0 Å². The Morgan fingerprint density at radius 1 is 1.17 bits per heavy atom. The summed E-state index contributed by atoms with van der Waals surface area (Å²) in [5, 5.41) is 10.1. The molecule has 0 spiro atoms. The fourth-order valence-electron chi connectivity index (χ4n) is 2.44. The predicted octanol–water partition coefficient (Wildman–Crippen LogP) is 1.69. The van der Waals surface area contributed by atoms with Crippen LogP contribution in [0.3, 0.4) is 0 Å². The number of hydrogen-bond donors (Lipinski definition) is 3. The van der Waals surface area contributed by atoms with Crippen molar-refractivity contribution in [1.82, 2.24) is 10.2 Å². The zero-order valence-electron chi connectivity index (χ0n) is 12.2. The van der Waals surface area contributed by atoms with E-state index < -0.39 is 10.0 Å². The molecule has 0 radical (unpaired) electrons. The van der Waals surface area contributed by atoms with Gasteiger partial charge in [-0.15, -0.1) is 0 Å². The van der Waals surface area contributed by atoms with Crippen LogP contribution in [-0.2, 0) is 14.8 Å². The molecule has 0 saturated carbocycles. The third-order valence-electron chi connectivity index (χ3n) is 3.59. The van der Waals surface area contributed by atoms with Crippen LogP contribution in [0, 0.1) is 0 Å². The monoisotopic (exact) mass is 344 g/mol. The summed E-state index contributed by atoms with van der Waals surface area (Å²) in [6.45, 7) is -0.0818. The molecule has 122 valence electrons. The number of aromatic nitrogens is 2. The highest BCUT2D eigenvalue weighted by Gasteiger charge is 2.21. The van der Waals surface area contributed by atoms with Crippen LogP contribution in [0.25, 0.3) is 10.9 Å². The summed E-state index contributed by atoms with van der Waals surface area (Å²) in [6.07, 6.45) is 1.65. The van der Waals surface area contributed by atoms with Gasteiger partial charge in [-0.25, -0.2) is 8.42 Å². The largest absolute Gasteiger partial charge is 0.482 e. The van der Waals surface area contributed by atoms with Gasteiger partial charge < -0.3 is 10.1 Å². The summed E-state index contributed by atoms with van der Waals surface area (Å²) in [5.74, 6) is 0.113. The standard InChI is InChI=1S/C15H12N4O4S/c20-15-8-23-14-4-3-11(6-13(14)17-15)24(21,22)19-10-2-1-9-7-16-18-12(9)5-10/h1-7,19H,8H2,(H,16,18)(H,17,20). The van der Waals surface area contributed by atoms with Gasteiger partial charge in [0.2, 0.25) is 0 Å². The Balaban J connectivity index is 1.67. The Hall–Kier alpha value is -3.07. The number of carbonyl (C=O) groups is 1. The number of hydrogen-bond acceptors (Lipinski definition) is 5. The van der Waals surface area contributed by atoms with Crippen LogP contribution in [0.2, 0.25) is 0 Å². The maximum atomic E-state index is 12.6. The van der Waals surface area contributed by atoms with E-state index in [9.17, 15) is 13.2 Å². The summed E-state index contributed by atoms with van der Waals surface area (Å²) in [6, 6.07) is 9.37. The Kier molecular flexibility index (Phi) is 3.17. The van der Waals surface area contributed by atoms with Gasteiger partial charge >= 0.3 is 0 Å². The molecule has 0 atom stereocenters. The number of sulfonamides is 1. The fraction of sp³-hybridized carbons (Fsp3) is 0.0667. The molecule has 2 aromatic carbocycles. The topological polar surface area (TPSA) is 113 Å². The van der Waals surface area contributed by atoms with Gasteiger partial charge in [0, 0.05) is 5.39 Å². The second kappa shape index (κ2) is 5.24. The molecular formula is C15H12N4O4S. The fourth-order valence-corrected chi connectivity index (χ4v) is 3.52. The van der Waals surface area contributed by atoms with Crippen LogP contribution in [0.1, 0.15) is 0 Å². The molecule has 4 rings (SSSR count). The first-order valence-electron chi connectivity index (χ1n) is 7.04. The number of H-pyrrole nitrogens is 1. The molecule has 8 nitrogen and oxygen atoms in total. The average molecular weight is 344 g/mol. The lowest BCUT2D eigenvalue weighted by atomic mass is 10.2. The van der Waals surface area contributed by atoms with Crippen molar-refractivity contribution in [2.45, 2.75) is 4.90 Å². The molecule has 0 aliphatic carbocycles. The van der Waals surface area contributed by atoms with Crippen LogP contribution in [0.15, 0.2) is 47.5 Å². The van der Waals surface area contributed by atoms with Gasteiger partial charge in [-0.3, -0.25) is 14.6 Å². The van der Waals surface area contributed by atoms with Crippen LogP contribution in [0.4, 0.5) is 11.4 Å². The highest BCUT2D eigenvalue weighted by atomic mass is 32.2. The number of aromatic amines is 1. The molecule has 24 heavy (non-hydrogen) atoms. The lowest BCUT2D eigenvalue weighted by molar-refractivity contribution is -0.118. The summed E-state index contributed by atoms with van der Waals surface area (Å²) < 4.78 is 32.8. The van der Waals surface area contributed by atoms with Gasteiger partial charge in [-0.05, 0) is 36.4 Å². The molecule has 0 fully saturated rings. The molecule has 0 saturated heterocycles. The van der Waals surface area contributed by atoms with Gasteiger partial charge in [0.25, 0.3) is 15.9 Å². The number of rotatable bonds is 3. The lowest BCUT2D eigenvalue weighted by Crippen LogP contribution is -2.25. The molecule has 1 aliphatic rings. The van der Waals surface area contributed by atoms with E-state index in [1.807, 2.05) is 0 Å². The summed E-state index contributed by atoms with van der Waals surface area (Å²) in [4.78, 5) is 11.4. The van der Waals surface area contributed by atoms with E-state index in [1.54, 1.807) is 24.4 Å². The number of anilines is 2. The minimum Gasteiger partial charge on any atom is -0.482 e. The van der Waals surface area contributed by atoms with Crippen molar-refractivity contribution in [3.63, 3.8) is 0 Å². The van der Waals surface area contributed by atoms with Crippen LogP contribution in [0.5, 0.6) is 5.75 Å². The highest BCUT2D eigenvalue weighted by Crippen LogP contribution is 2.31. The maximum absolute atomic E-state index is 12.6. The SMILES string of the molecule is O=C1COc2ccc(S(=O)(=O)Nc3ccc4cn[nH]c4c3)cc2N1. The number of fused-ring (bicyclic) bond motifs is 2. The number of carbonyl (C=O) groups excluding carboxylic acids is 1. The predicted molar refractivity (Wildman–Crippen MR) is 87.5 cm³/mol. The van der Waals surface area contributed by atoms with E-state index in [0.717, 1.165) is 10.9 Å². The summed E-state index contributed by atoms with van der Waals surface area (Å²) >= 11 is 0. The van der Waals surface area contributed by atoms with Crippen molar-refractivity contribution in [3.8, 4) is 5.75 Å². The molecule has 1 amide bonds. The lowest BCUT2D eigenvalue weighted by Gasteiger charge is -2.18. The molecule has 1 aliphatic heterocycles. The molecule has 9 heteroatoms. The molecule has 3 aromatic rings. The van der Waals surface area contributed by atoms with E-state index >= 15 is 0 Å². The number of nitrogens with one attached hydrogen (secondary N) is 3. The van der Waals surface area contributed by atoms with Gasteiger partial charge in [0.1, 0.15) is 5.75 Å². The first-order chi connectivity index (χ1) is 11.5. The highest BCUT2D eigenvalue weighted by molar-refractivity contribution is 7.92. The van der Waals surface area contributed by atoms with E-state index in [1.165, 1.54) is 18.2 Å². The second-order valence-corrected chi connectivity index (χ2v) is 6.95. The molecule has 0 unspecified atom stereocenters. The Bertz CT molecular complexity index is 1060. The van der Waals surface area contributed by atoms with E-state index in [4.69, 9.17) is 4.74 Å². The summed E-state index contributed by atoms with van der Waals surface area (Å²) in [5.41, 5.74) is 1.46. The minimum absolute atomic E-state index is 0.0248. The molecule has 0 bridgehead atoms. The smallest absolute Gasteiger partial charge is 0.262 e. The zero-order chi connectivity index (χ0) is 16.7. The van der Waals surface area contributed by atoms with Crippen molar-refractivity contribution < 1.29 is 17.9 Å². The third-order valence-corrected chi connectivity index (χ3v) is 4.97. The van der Waals surface area contributed by atoms with Crippen molar-refractivity contribution in [1.29, 1.82) is 0 Å². The van der Waals surface area contributed by atoms with Gasteiger partial charge in [0.05, 0.1) is 28.0 Å². The van der Waals surface area contributed by atoms with Crippen LogP contribution < -0.4 is 14.8 Å². The minimum atomic E-state index is -3.81. The van der Waals surface area contributed by atoms with E-state index in [2.05, 4.69) is 20.2 Å². The molecule has 1 aromatic heterocycles. The van der Waals surface area contributed by atoms with E-state index in [-0.39, 0.29) is 17.4 Å². The number of amides is 1. The third kappa shape index (κ3) is 2.54. The van der Waals surface area contributed by atoms with Gasteiger partial charge in [0.15, 0.2) is 6.61 Å². The van der Waals surface area contributed by atoms with Crippen molar-refractivity contribution in [2.75, 3.05) is 16.6 Å². The number of nitrogens with zero attached hydrogens (tertiary/aromatic N) is 1. The normalized spacial score (nSPS) is 13.9. The first kappa shape index (κ1) is 14.5. The molecule has 3 N–H and O–H groups in total. The quantitative estimate of drug-likeness (QED) is 0.669. The first-order valence-corrected chi connectivity index (χ1v) is 8.52. The molecular weight excluding hydrogens is 332 g/mol. The Morgan fingerprint density at radius 3 is 2.92 bits per heavy atom. The molecule has 2 heterocycles. The van der Waals surface area contributed by atoms with E-state index in [0.29, 0.717) is 17.1 Å². The zero-order valence-corrected chi connectivity index (χ0v) is 13.1. The van der Waals surface area contributed by atoms with Crippen molar-refractivity contribution in [2.24, 2.45) is 0 Å². The van der Waals surface area contributed by atoms with Gasteiger partial charge in [-0.1, -0.05) is 0 Å². The Morgan fingerprint density at radius 2 is 2.04 bits per heavy atom. The van der Waals surface area contributed by atoms with Gasteiger partial charge in [-0.2, -0.15) is 5.10 Å². The average Bonchev–Trinajstić information content (AvgIpc) is 3.01. The number of ether oxygens (including phenoxy) is 1. The second-order valence-electron chi connectivity index (χ2n) is 5.27. The summed E-state index contributed by atoms with van der Waals surface area (Å²) in [7, 11) is -3.81. The Labute approximate surface area is 136 Å². The van der Waals surface area contributed by atoms with Crippen LogP contribution in [-0.4, -0.2) is 31.1 Å². The van der Waals surface area contributed by atoms with Crippen molar-refractivity contribution >= 4 is 38.2 Å². The van der Waals surface area contributed by atoms with Crippen molar-refractivity contribution in [3.05, 3.63) is 42.6 Å².